The number of benzene rings is 1. The summed E-state index contributed by atoms with van der Waals surface area (Å²) in [5, 5.41) is 4.09. The van der Waals surface area contributed by atoms with Crippen LogP contribution in [0.4, 0.5) is 14.5 Å². The quantitative estimate of drug-likeness (QED) is 0.572. The molecular weight excluding hydrogens is 466 g/mol. The third-order valence-electron chi connectivity index (χ3n) is 4.90. The first-order valence-corrected chi connectivity index (χ1v) is 12.1. The first kappa shape index (κ1) is 24.1. The molecule has 1 aliphatic rings. The van der Waals surface area contributed by atoms with E-state index in [0.717, 1.165) is 11.3 Å². The maximum atomic E-state index is 12.6. The molecule has 12 heteroatoms. The Labute approximate surface area is 188 Å². The Morgan fingerprint density at radius 2 is 1.84 bits per heavy atom. The van der Waals surface area contributed by atoms with Crippen molar-refractivity contribution in [1.29, 1.82) is 0 Å². The molecule has 0 bridgehead atoms. The SMILES string of the molecule is CC(OC(=O)C1CCN(S(=O)(=O)c2cccs2)CC1)C(=O)Nc1ccccc1OC(F)F. The van der Waals surface area contributed by atoms with Crippen LogP contribution < -0.4 is 10.1 Å². The number of para-hydroxylation sites is 2. The van der Waals surface area contributed by atoms with Gasteiger partial charge in [0, 0.05) is 13.1 Å². The normalized spacial score (nSPS) is 16.5. The van der Waals surface area contributed by atoms with Gasteiger partial charge in [-0.1, -0.05) is 18.2 Å². The topological polar surface area (TPSA) is 102 Å². The standard InChI is InChI=1S/C20H22F2N2O6S2/c1-13(18(25)23-15-5-2-3-6-16(15)30-20(21)22)29-19(26)14-8-10-24(11-9-14)32(27,28)17-7-4-12-31-17/h2-7,12-14,20H,8-11H2,1H3,(H,23,25). The highest BCUT2D eigenvalue weighted by Crippen LogP contribution is 2.28. The third kappa shape index (κ3) is 5.81. The Balaban J connectivity index is 1.53. The molecule has 1 fully saturated rings. The minimum Gasteiger partial charge on any atom is -0.452 e. The fraction of sp³-hybridized carbons (Fsp3) is 0.400. The number of carbonyl (C=O) groups excluding carboxylic acids is 2. The molecule has 1 aromatic carbocycles. The van der Waals surface area contributed by atoms with Gasteiger partial charge in [-0.25, -0.2) is 8.42 Å². The fourth-order valence-corrected chi connectivity index (χ4v) is 5.81. The van der Waals surface area contributed by atoms with Gasteiger partial charge in [0.05, 0.1) is 11.6 Å². The van der Waals surface area contributed by atoms with Crippen LogP contribution in [0.5, 0.6) is 5.75 Å². The van der Waals surface area contributed by atoms with Crippen LogP contribution >= 0.6 is 11.3 Å². The van der Waals surface area contributed by atoms with Gasteiger partial charge in [-0.3, -0.25) is 9.59 Å². The van der Waals surface area contributed by atoms with Crippen molar-refractivity contribution in [2.45, 2.75) is 36.7 Å². The maximum Gasteiger partial charge on any atom is 0.387 e. The predicted molar refractivity (Wildman–Crippen MR) is 113 cm³/mol. The molecule has 174 valence electrons. The van der Waals surface area contributed by atoms with Gasteiger partial charge in [0.2, 0.25) is 0 Å². The molecule has 1 unspecified atom stereocenters. The van der Waals surface area contributed by atoms with E-state index >= 15 is 0 Å². The van der Waals surface area contributed by atoms with Gasteiger partial charge in [-0.15, -0.1) is 11.3 Å². The molecule has 3 rings (SSSR count). The van der Waals surface area contributed by atoms with Crippen molar-refractivity contribution in [2.24, 2.45) is 5.92 Å². The van der Waals surface area contributed by atoms with Crippen molar-refractivity contribution < 1.29 is 36.3 Å². The molecule has 1 saturated heterocycles. The highest BCUT2D eigenvalue weighted by molar-refractivity contribution is 7.91. The highest BCUT2D eigenvalue weighted by Gasteiger charge is 2.34. The molecule has 2 aromatic rings. The van der Waals surface area contributed by atoms with Crippen molar-refractivity contribution in [3.05, 3.63) is 41.8 Å². The summed E-state index contributed by atoms with van der Waals surface area (Å²) in [5.74, 6) is -2.08. The van der Waals surface area contributed by atoms with E-state index in [1.54, 1.807) is 11.4 Å². The number of carbonyl (C=O) groups is 2. The van der Waals surface area contributed by atoms with Crippen LogP contribution in [-0.2, 0) is 24.3 Å². The van der Waals surface area contributed by atoms with E-state index in [-0.39, 0.29) is 41.6 Å². The Kier molecular flexibility index (Phi) is 7.80. The second-order valence-electron chi connectivity index (χ2n) is 7.05. The van der Waals surface area contributed by atoms with Crippen molar-refractivity contribution in [3.8, 4) is 5.75 Å². The highest BCUT2D eigenvalue weighted by atomic mass is 32.2. The van der Waals surface area contributed by atoms with Crippen LogP contribution in [0.25, 0.3) is 0 Å². The van der Waals surface area contributed by atoms with Gasteiger partial charge >= 0.3 is 12.6 Å². The predicted octanol–water partition coefficient (Wildman–Crippen LogP) is 3.32. The zero-order chi connectivity index (χ0) is 23.3. The number of piperidine rings is 1. The van der Waals surface area contributed by atoms with E-state index < -0.39 is 40.5 Å². The summed E-state index contributed by atoms with van der Waals surface area (Å²) < 4.78 is 61.3. The molecule has 2 heterocycles. The van der Waals surface area contributed by atoms with Crippen molar-refractivity contribution in [2.75, 3.05) is 18.4 Å². The van der Waals surface area contributed by atoms with Crippen molar-refractivity contribution in [1.82, 2.24) is 4.31 Å². The average molecular weight is 489 g/mol. The zero-order valence-corrected chi connectivity index (χ0v) is 18.7. The number of alkyl halides is 2. The summed E-state index contributed by atoms with van der Waals surface area (Å²) in [6, 6.07) is 8.85. The lowest BCUT2D eigenvalue weighted by Gasteiger charge is -2.30. The van der Waals surface area contributed by atoms with Gasteiger partial charge in [-0.05, 0) is 43.3 Å². The number of ether oxygens (including phenoxy) is 2. The molecule has 1 aromatic heterocycles. The van der Waals surface area contributed by atoms with Crippen LogP contribution in [0.1, 0.15) is 19.8 Å². The van der Waals surface area contributed by atoms with Gasteiger partial charge in [0.1, 0.15) is 9.96 Å². The van der Waals surface area contributed by atoms with E-state index in [1.807, 2.05) is 0 Å². The number of esters is 1. The summed E-state index contributed by atoms with van der Waals surface area (Å²) in [6.45, 7) is -1.37. The van der Waals surface area contributed by atoms with Crippen LogP contribution in [0.2, 0.25) is 0 Å². The monoisotopic (exact) mass is 488 g/mol. The first-order valence-electron chi connectivity index (χ1n) is 9.77. The van der Waals surface area contributed by atoms with Gasteiger partial charge in [-0.2, -0.15) is 13.1 Å². The number of anilines is 1. The number of nitrogens with one attached hydrogen (secondary N) is 1. The number of halogens is 2. The van der Waals surface area contributed by atoms with Crippen molar-refractivity contribution in [3.63, 3.8) is 0 Å². The van der Waals surface area contributed by atoms with E-state index in [1.165, 1.54) is 41.6 Å². The molecule has 32 heavy (non-hydrogen) atoms. The van der Waals surface area contributed by atoms with E-state index in [2.05, 4.69) is 10.1 Å². The number of hydrogen-bond acceptors (Lipinski definition) is 7. The summed E-state index contributed by atoms with van der Waals surface area (Å²) in [6.07, 6.45) is -0.652. The minimum absolute atomic E-state index is 0.0211. The summed E-state index contributed by atoms with van der Waals surface area (Å²) >= 11 is 1.13. The Morgan fingerprint density at radius 1 is 1.16 bits per heavy atom. The molecule has 1 atom stereocenters. The lowest BCUT2D eigenvalue weighted by Crippen LogP contribution is -2.41. The van der Waals surface area contributed by atoms with Crippen LogP contribution in [0, 0.1) is 5.92 Å². The van der Waals surface area contributed by atoms with Gasteiger partial charge in [0.25, 0.3) is 15.9 Å². The first-order chi connectivity index (χ1) is 15.2. The minimum atomic E-state index is -3.58. The molecule has 0 radical (unpaired) electrons. The molecule has 8 nitrogen and oxygen atoms in total. The Hall–Kier alpha value is -2.57. The lowest BCUT2D eigenvalue weighted by molar-refractivity contribution is -0.158. The zero-order valence-electron chi connectivity index (χ0n) is 17.1. The third-order valence-corrected chi connectivity index (χ3v) is 8.17. The van der Waals surface area contributed by atoms with E-state index in [4.69, 9.17) is 4.74 Å². The van der Waals surface area contributed by atoms with Gasteiger partial charge < -0.3 is 14.8 Å². The molecule has 1 amide bonds. The number of amides is 1. The number of sulfonamides is 1. The van der Waals surface area contributed by atoms with Crippen LogP contribution in [-0.4, -0.2) is 50.4 Å². The maximum absolute atomic E-state index is 12.6. The van der Waals surface area contributed by atoms with E-state index in [0.29, 0.717) is 0 Å². The number of nitrogens with zero attached hydrogens (tertiary/aromatic N) is 1. The van der Waals surface area contributed by atoms with Crippen molar-refractivity contribution >= 4 is 38.9 Å². The lowest BCUT2D eigenvalue weighted by atomic mass is 9.98. The van der Waals surface area contributed by atoms with Crippen LogP contribution in [0.15, 0.2) is 46.0 Å². The molecule has 0 aliphatic carbocycles. The van der Waals surface area contributed by atoms with E-state index in [9.17, 15) is 26.8 Å². The molecule has 1 N–H and O–H groups in total. The summed E-state index contributed by atoms with van der Waals surface area (Å²) in [5.41, 5.74) is 0.0211. The second kappa shape index (κ2) is 10.4. The molecule has 0 saturated carbocycles. The van der Waals surface area contributed by atoms with Crippen LogP contribution in [0.3, 0.4) is 0 Å². The summed E-state index contributed by atoms with van der Waals surface area (Å²) in [4.78, 5) is 24.8. The Bertz CT molecular complexity index is 1040. The molecule has 1 aliphatic heterocycles. The average Bonchev–Trinajstić information content (AvgIpc) is 3.30. The Morgan fingerprint density at radius 3 is 2.47 bits per heavy atom. The fourth-order valence-electron chi connectivity index (χ4n) is 3.20. The number of hydrogen-bond donors (Lipinski definition) is 1. The number of thiophene rings is 1. The number of rotatable bonds is 8. The smallest absolute Gasteiger partial charge is 0.387 e. The summed E-state index contributed by atoms with van der Waals surface area (Å²) in [7, 11) is -3.58. The molecule has 0 spiro atoms. The second-order valence-corrected chi connectivity index (χ2v) is 10.2. The molecular formula is C20H22F2N2O6S2. The van der Waals surface area contributed by atoms with Gasteiger partial charge in [0.15, 0.2) is 6.10 Å². The largest absolute Gasteiger partial charge is 0.452 e.